The van der Waals surface area contributed by atoms with E-state index in [0.717, 1.165) is 73.6 Å². The first-order chi connectivity index (χ1) is 51.1. The summed E-state index contributed by atoms with van der Waals surface area (Å²) in [5.41, 5.74) is 14.9. The molecule has 0 saturated carbocycles. The third kappa shape index (κ3) is 34.7. The van der Waals surface area contributed by atoms with Crippen LogP contribution in [0.25, 0.3) is 89.6 Å². The molecule has 6 aromatic heterocycles. The van der Waals surface area contributed by atoms with Crippen LogP contribution in [0.5, 0.6) is 0 Å². The van der Waals surface area contributed by atoms with E-state index in [-0.39, 0.29) is 129 Å². The first-order valence-electron chi connectivity index (χ1n) is 33.1. The Labute approximate surface area is 713 Å². The number of halogens is 3. The van der Waals surface area contributed by atoms with Gasteiger partial charge in [0.15, 0.2) is 11.6 Å². The number of rotatable bonds is 10. The molecular formula is C90H75F3Ir5N7O6-5. The van der Waals surface area contributed by atoms with Crippen LogP contribution in [0, 0.1) is 51.1 Å². The number of aliphatic hydroxyl groups is 2. The van der Waals surface area contributed by atoms with Gasteiger partial charge in [-0.25, -0.2) is 9.78 Å². The Bertz CT molecular complexity index is 5050. The van der Waals surface area contributed by atoms with Gasteiger partial charge in [0.2, 0.25) is 0 Å². The Kier molecular flexibility index (Phi) is 45.4. The molecule has 3 N–H and O–H groups in total. The third-order valence-corrected chi connectivity index (χ3v) is 14.3. The van der Waals surface area contributed by atoms with E-state index in [1.54, 1.807) is 61.9 Å². The number of pyridine rings is 5. The van der Waals surface area contributed by atoms with Gasteiger partial charge in [0.1, 0.15) is 5.69 Å². The normalized spacial score (nSPS) is 10.0. The Morgan fingerprint density at radius 3 is 1.31 bits per heavy atom. The average molecular weight is 2370 g/mol. The first-order valence-corrected chi connectivity index (χ1v) is 33.1. The second-order valence-corrected chi connectivity index (χ2v) is 23.1. The zero-order chi connectivity index (χ0) is 76.1. The van der Waals surface area contributed by atoms with Crippen molar-refractivity contribution in [2.75, 3.05) is 0 Å². The summed E-state index contributed by atoms with van der Waals surface area (Å²) in [6, 6.07) is 98.0. The van der Waals surface area contributed by atoms with Gasteiger partial charge >= 0.3 is 12.1 Å². The summed E-state index contributed by atoms with van der Waals surface area (Å²) in [6.45, 7) is 11.4. The van der Waals surface area contributed by atoms with Crippen molar-refractivity contribution in [2.45, 2.75) is 54.6 Å². The molecule has 8 aromatic carbocycles. The quantitative estimate of drug-likeness (QED) is 0.0664. The fraction of sp³-hybridized carbons (Fsp3) is 0.0889. The van der Waals surface area contributed by atoms with Crippen LogP contribution in [0.4, 0.5) is 13.2 Å². The van der Waals surface area contributed by atoms with E-state index in [2.05, 4.69) is 105 Å². The smallest absolute Gasteiger partial charge is 0.399 e. The molecule has 13 nitrogen and oxygen atoms in total. The van der Waals surface area contributed by atoms with Gasteiger partial charge in [-0.15, -0.1) is 172 Å². The zero-order valence-corrected chi connectivity index (χ0v) is 72.9. The number of carboxylic acid groups (broad SMARTS) is 1. The summed E-state index contributed by atoms with van der Waals surface area (Å²) < 4.78 is 37.8. The van der Waals surface area contributed by atoms with Crippen molar-refractivity contribution in [3.05, 3.63) is 380 Å². The number of allylic oxidation sites excluding steroid dienone is 4. The van der Waals surface area contributed by atoms with E-state index in [4.69, 9.17) is 25.3 Å². The van der Waals surface area contributed by atoms with Crippen molar-refractivity contribution in [3.63, 3.8) is 0 Å². The number of alkyl halides is 3. The molecule has 5 radical (unpaired) electrons. The van der Waals surface area contributed by atoms with Gasteiger partial charge in [0.05, 0.1) is 22.9 Å². The Morgan fingerprint density at radius 2 is 0.856 bits per heavy atom. The fourth-order valence-corrected chi connectivity index (χ4v) is 9.59. The third-order valence-electron chi connectivity index (χ3n) is 14.3. The maximum absolute atomic E-state index is 12.6. The Morgan fingerprint density at radius 1 is 0.378 bits per heavy atom. The Balaban J connectivity index is 0.000000441. The van der Waals surface area contributed by atoms with E-state index < -0.39 is 17.7 Å². The minimum Gasteiger partial charge on any atom is -0.512 e. The molecular weight excluding hydrogens is 2290 g/mol. The van der Waals surface area contributed by atoms with Crippen LogP contribution in [0.15, 0.2) is 322 Å². The molecule has 0 unspecified atom stereocenters. The van der Waals surface area contributed by atoms with Gasteiger partial charge in [-0.05, 0) is 109 Å². The molecule has 14 aromatic rings. The molecule has 0 aliphatic rings. The standard InChI is InChI=1S/C22H15N2.C15H10N.C13H9F3N.2C12H10N.C6H5NO2.2C5H8O2.5Ir/c1-4-10-17(11-5-1)20-16-23-21(18-12-6-2-7-13-18)22(24-20)19-14-8-3-9-15-19;1-2-7-13(8-3-1)15-14-9-5-4-6-12(14)10-11-16-15;1-9-6-10(12-4-2-3-5-17-12)8-11(7-9)13(14,15)16;1-10-5-4-6-11(9-10)12-7-2-3-8-13-12;1-10-5-7-11(8-6-10)12-4-2-3-9-13-12;8-6(9)5-3-1-2-4-7-5;2*1-4(6)3-5(2)7;;;;;/h1-12,14-16H;1-7,9-11H;2-7H,1H3;2-5,7-9H,1H3;2-7,9H,1H3;1-4H,(H,8,9);2*3,6H,1-2H3;;;;;/q5*-1;;;;;;;;. The van der Waals surface area contributed by atoms with Gasteiger partial charge in [-0.2, -0.15) is 13.2 Å². The number of ketones is 2. The van der Waals surface area contributed by atoms with Crippen molar-refractivity contribution in [1.29, 1.82) is 0 Å². The van der Waals surface area contributed by atoms with E-state index in [1.165, 1.54) is 74.0 Å². The van der Waals surface area contributed by atoms with E-state index in [1.807, 2.05) is 188 Å². The first kappa shape index (κ1) is 96.9. The van der Waals surface area contributed by atoms with E-state index in [0.29, 0.717) is 16.8 Å². The van der Waals surface area contributed by atoms with Gasteiger partial charge in [0, 0.05) is 161 Å². The molecule has 6 heterocycles. The van der Waals surface area contributed by atoms with Gasteiger partial charge in [-0.1, -0.05) is 148 Å². The van der Waals surface area contributed by atoms with Crippen molar-refractivity contribution in [1.82, 2.24) is 34.9 Å². The molecule has 0 amide bonds. The molecule has 0 atom stereocenters. The number of benzene rings is 8. The van der Waals surface area contributed by atoms with E-state index >= 15 is 0 Å². The molecule has 111 heavy (non-hydrogen) atoms. The molecule has 14 rings (SSSR count). The molecule has 0 saturated heterocycles. The number of hydrogen-bond acceptors (Lipinski definition) is 12. The monoisotopic (exact) mass is 2370 g/mol. The van der Waals surface area contributed by atoms with E-state index in [9.17, 15) is 27.6 Å². The number of carbonyl (C=O) groups excluding carboxylic acids is 2. The number of aromatic carboxylic acids is 1. The second kappa shape index (κ2) is 52.0. The molecule has 0 aliphatic carbocycles. The minimum atomic E-state index is -4.38. The van der Waals surface area contributed by atoms with Gasteiger partial charge < -0.3 is 40.2 Å². The van der Waals surface area contributed by atoms with Crippen LogP contribution in [0.2, 0.25) is 0 Å². The Hall–Kier alpha value is -10.2. The molecule has 21 heteroatoms. The molecule has 0 aliphatic heterocycles. The van der Waals surface area contributed by atoms with Crippen molar-refractivity contribution in [3.8, 4) is 78.8 Å². The van der Waals surface area contributed by atoms with Gasteiger partial charge in [0.25, 0.3) is 0 Å². The summed E-state index contributed by atoms with van der Waals surface area (Å²) >= 11 is 0. The van der Waals surface area contributed by atoms with Crippen LogP contribution in [-0.4, -0.2) is 67.7 Å². The predicted octanol–water partition coefficient (Wildman–Crippen LogP) is 21.4. The van der Waals surface area contributed by atoms with Crippen LogP contribution in [-0.2, 0) is 116 Å². The number of carbonyl (C=O) groups is 3. The topological polar surface area (TPSA) is 202 Å². The van der Waals surface area contributed by atoms with Gasteiger partial charge in [-0.3, -0.25) is 14.6 Å². The second-order valence-electron chi connectivity index (χ2n) is 23.1. The van der Waals surface area contributed by atoms with Crippen molar-refractivity contribution < 1.29 is 143 Å². The minimum absolute atomic E-state index is 0. The summed E-state index contributed by atoms with van der Waals surface area (Å²) in [5.74, 6) is -1.12. The van der Waals surface area contributed by atoms with Crippen LogP contribution in [0.1, 0.15) is 60.4 Å². The molecule has 0 fully saturated rings. The number of nitrogens with zero attached hydrogens (tertiary/aromatic N) is 7. The summed E-state index contributed by atoms with van der Waals surface area (Å²) in [4.78, 5) is 60.3. The number of aromatic nitrogens is 7. The van der Waals surface area contributed by atoms with Crippen LogP contribution < -0.4 is 0 Å². The maximum Gasteiger partial charge on any atom is 0.399 e. The molecule has 0 spiro atoms. The summed E-state index contributed by atoms with van der Waals surface area (Å²) in [7, 11) is 0. The predicted molar refractivity (Wildman–Crippen MR) is 413 cm³/mol. The van der Waals surface area contributed by atoms with Crippen molar-refractivity contribution >= 4 is 28.3 Å². The van der Waals surface area contributed by atoms with Crippen LogP contribution >= 0.6 is 0 Å². The van der Waals surface area contributed by atoms with Crippen molar-refractivity contribution in [2.24, 2.45) is 0 Å². The fourth-order valence-electron chi connectivity index (χ4n) is 9.59. The summed E-state index contributed by atoms with van der Waals surface area (Å²) in [6.07, 6.45) is 8.21. The summed E-state index contributed by atoms with van der Waals surface area (Å²) in [5, 5.41) is 27.4. The largest absolute Gasteiger partial charge is 0.512 e. The SMILES string of the molecule is CC(=O)C=C(C)O.CC(=O)C=C(C)O.Cc1c[c-]c(-c2ccccn2)cc1.Cc1cc(-c2ccccn2)[c-]c(C(F)(F)F)c1.Cc1cc[c-]c(-c2ccccn2)c1.O=C(O)c1ccccn1.[Ir].[Ir].[Ir].[Ir].[Ir].[c-]1ccccc1-c1ncc(-c2ccccc2)nc1-c1ccccc1.[c-]1ccccc1-c1nccc2ccccc12. The number of fused-ring (bicyclic) bond motifs is 1. The average Bonchev–Trinajstić information content (AvgIpc) is 0.810. The molecule has 0 bridgehead atoms. The maximum atomic E-state index is 12.6. The van der Waals surface area contributed by atoms with Crippen LogP contribution in [0.3, 0.4) is 0 Å². The number of hydrogen-bond donors (Lipinski definition) is 3. The number of aliphatic hydroxyl groups excluding tert-OH is 2. The number of carboxylic acids is 1. The number of aryl methyl sites for hydroxylation is 3. The zero-order valence-electron chi connectivity index (χ0n) is 60.9. The molecule has 577 valence electrons.